The van der Waals surface area contributed by atoms with Crippen LogP contribution in [0.4, 0.5) is 11.4 Å². The number of hydrogen-bond donors (Lipinski definition) is 0. The van der Waals surface area contributed by atoms with Gasteiger partial charge in [-0.15, -0.1) is 0 Å². The number of anilines is 2. The Labute approximate surface area is 403 Å². The Bertz CT molecular complexity index is 4190. The third-order valence-electron chi connectivity index (χ3n) is 15.1. The van der Waals surface area contributed by atoms with Gasteiger partial charge in [0.1, 0.15) is 22.5 Å². The number of rotatable bonds is 6. The van der Waals surface area contributed by atoms with Crippen molar-refractivity contribution in [3.05, 3.63) is 241 Å². The van der Waals surface area contributed by atoms with Crippen molar-refractivity contribution in [2.75, 3.05) is 4.90 Å². The van der Waals surface area contributed by atoms with Crippen LogP contribution in [0.5, 0.6) is 0 Å². The minimum Gasteiger partial charge on any atom is -0.460 e. The van der Waals surface area contributed by atoms with E-state index in [4.69, 9.17) is 8.83 Å². The van der Waals surface area contributed by atoms with Crippen molar-refractivity contribution in [3.63, 3.8) is 0 Å². The fourth-order valence-corrected chi connectivity index (χ4v) is 11.7. The second kappa shape index (κ2) is 15.3. The Kier molecular flexibility index (Phi) is 8.51. The van der Waals surface area contributed by atoms with Crippen molar-refractivity contribution >= 4 is 72.2 Å². The maximum Gasteiger partial charge on any atom is 0.138 e. The molecular formula is C64H42N4O2. The lowest BCUT2D eigenvalue weighted by Crippen LogP contribution is -2.29. The second-order valence-electron chi connectivity index (χ2n) is 18.9. The zero-order valence-corrected chi connectivity index (χ0v) is 37.9. The van der Waals surface area contributed by atoms with Gasteiger partial charge in [-0.1, -0.05) is 109 Å². The average Bonchev–Trinajstić information content (AvgIpc) is 4.18. The Morgan fingerprint density at radius 3 is 1.87 bits per heavy atom. The molecule has 0 saturated carbocycles. The molecule has 6 heterocycles. The monoisotopic (exact) mass is 898 g/mol. The molecule has 0 bridgehead atoms. The topological polar surface area (TPSA) is 60.2 Å². The molecule has 0 spiro atoms. The number of hydrogen-bond acceptors (Lipinski definition) is 5. The first-order valence-corrected chi connectivity index (χ1v) is 24.1. The summed E-state index contributed by atoms with van der Waals surface area (Å²) in [5.41, 5.74) is 19.4. The van der Waals surface area contributed by atoms with Gasteiger partial charge in [0.2, 0.25) is 0 Å². The fourth-order valence-electron chi connectivity index (χ4n) is 11.7. The first-order valence-electron chi connectivity index (χ1n) is 24.1. The van der Waals surface area contributed by atoms with Crippen LogP contribution in [-0.4, -0.2) is 20.6 Å². The lowest BCUT2D eigenvalue weighted by atomic mass is 9.80. The van der Waals surface area contributed by atoms with Gasteiger partial charge in [0.15, 0.2) is 0 Å². The number of pyridine rings is 2. The molecule has 70 heavy (non-hydrogen) atoms. The highest BCUT2D eigenvalue weighted by atomic mass is 16.3. The molecule has 6 nitrogen and oxygen atoms in total. The molecule has 0 radical (unpaired) electrons. The third-order valence-corrected chi connectivity index (χ3v) is 15.1. The Morgan fingerprint density at radius 1 is 0.471 bits per heavy atom. The van der Waals surface area contributed by atoms with Crippen molar-refractivity contribution < 1.29 is 8.83 Å². The lowest BCUT2D eigenvalue weighted by Gasteiger charge is -2.31. The molecule has 330 valence electrons. The minimum atomic E-state index is 0.166. The van der Waals surface area contributed by atoms with E-state index in [1.54, 1.807) is 12.4 Å². The van der Waals surface area contributed by atoms with Crippen molar-refractivity contribution in [2.45, 2.75) is 18.4 Å². The Morgan fingerprint density at radius 2 is 1.11 bits per heavy atom. The van der Waals surface area contributed by atoms with E-state index in [2.05, 4.69) is 208 Å². The van der Waals surface area contributed by atoms with Crippen LogP contribution in [0.25, 0.3) is 99.9 Å². The Hall–Kier alpha value is -9.00. The van der Waals surface area contributed by atoms with Gasteiger partial charge >= 0.3 is 0 Å². The number of benzene rings is 7. The number of nitrogens with zero attached hydrogens (tertiary/aromatic N) is 4. The molecule has 0 N–H and O–H groups in total. The van der Waals surface area contributed by atoms with Crippen molar-refractivity contribution in [1.29, 1.82) is 0 Å². The number of aromatic nitrogens is 3. The van der Waals surface area contributed by atoms with Crippen LogP contribution in [0.15, 0.2) is 233 Å². The van der Waals surface area contributed by atoms with Crippen molar-refractivity contribution in [1.82, 2.24) is 14.5 Å². The number of furan rings is 2. The van der Waals surface area contributed by atoms with Crippen molar-refractivity contribution in [3.8, 4) is 39.1 Å². The summed E-state index contributed by atoms with van der Waals surface area (Å²) in [7, 11) is 0. The van der Waals surface area contributed by atoms with E-state index in [1.807, 2.05) is 24.5 Å². The van der Waals surface area contributed by atoms with Gasteiger partial charge in [0.25, 0.3) is 0 Å². The van der Waals surface area contributed by atoms with Gasteiger partial charge in [0, 0.05) is 92.6 Å². The van der Waals surface area contributed by atoms with Crippen LogP contribution in [0.3, 0.4) is 0 Å². The van der Waals surface area contributed by atoms with Gasteiger partial charge in [-0.2, -0.15) is 0 Å². The van der Waals surface area contributed by atoms with E-state index >= 15 is 0 Å². The van der Waals surface area contributed by atoms with Gasteiger partial charge in [-0.25, -0.2) is 0 Å². The summed E-state index contributed by atoms with van der Waals surface area (Å²) in [4.78, 5) is 11.2. The van der Waals surface area contributed by atoms with Crippen LogP contribution >= 0.6 is 0 Å². The summed E-state index contributed by atoms with van der Waals surface area (Å²) < 4.78 is 15.1. The summed E-state index contributed by atoms with van der Waals surface area (Å²) in [6, 6.07) is 62.0. The predicted octanol–water partition coefficient (Wildman–Crippen LogP) is 16.2. The molecule has 5 aromatic heterocycles. The summed E-state index contributed by atoms with van der Waals surface area (Å²) in [6.45, 7) is 0. The molecule has 2 aliphatic carbocycles. The van der Waals surface area contributed by atoms with Crippen molar-refractivity contribution in [2.24, 2.45) is 5.92 Å². The highest BCUT2D eigenvalue weighted by Gasteiger charge is 2.39. The minimum absolute atomic E-state index is 0.166. The van der Waals surface area contributed by atoms with Gasteiger partial charge in [-0.05, 0) is 136 Å². The summed E-state index contributed by atoms with van der Waals surface area (Å²) in [5.74, 6) is 1.44. The summed E-state index contributed by atoms with van der Waals surface area (Å²) >= 11 is 0. The maximum absolute atomic E-state index is 6.38. The highest BCUT2D eigenvalue weighted by molar-refractivity contribution is 6.12. The molecule has 3 aliphatic rings. The molecule has 0 saturated heterocycles. The fraction of sp³-hybridized carbons (Fsp3) is 0.0625. The molecule has 0 amide bonds. The summed E-state index contributed by atoms with van der Waals surface area (Å²) in [6.07, 6.45) is 20.1. The van der Waals surface area contributed by atoms with Crippen LogP contribution in [0.2, 0.25) is 0 Å². The van der Waals surface area contributed by atoms with Crippen LogP contribution in [-0.2, 0) is 6.42 Å². The van der Waals surface area contributed by atoms with E-state index < -0.39 is 0 Å². The van der Waals surface area contributed by atoms with E-state index in [0.29, 0.717) is 0 Å². The molecule has 6 heteroatoms. The predicted molar refractivity (Wildman–Crippen MR) is 285 cm³/mol. The molecular weight excluding hydrogens is 857 g/mol. The molecule has 7 aromatic carbocycles. The lowest BCUT2D eigenvalue weighted by molar-refractivity contribution is 0.520. The van der Waals surface area contributed by atoms with Gasteiger partial charge in [-0.3, -0.25) is 9.97 Å². The number of fused-ring (bicyclic) bond motifs is 12. The molecule has 1 aliphatic heterocycles. The molecule has 0 fully saturated rings. The van der Waals surface area contributed by atoms with Gasteiger partial charge < -0.3 is 18.3 Å². The Balaban J connectivity index is 0.812. The number of para-hydroxylation sites is 2. The molecule has 3 unspecified atom stereocenters. The maximum atomic E-state index is 6.38. The van der Waals surface area contributed by atoms with E-state index in [9.17, 15) is 0 Å². The molecule has 3 atom stereocenters. The standard InChI is InChI=1S/C64H42N4O2/c1-3-10-47(11-4-1)67-57-22-16-41(31-51(57)53-33-43(18-24-59(53)67)45-14-20-49-55-37-65-28-26-61(55)69-63(49)35-45)39-8-7-9-40(30-39)42-17-23-58-52(32-42)54-34-44(19-25-60(54)68(58)48-12-5-2-6-13-48)46-15-21-50-56-38-66-29-27-62(56)70-64(50)36-46/h1-35,37-38,46,54,60H,36H2. The van der Waals surface area contributed by atoms with Crippen LogP contribution < -0.4 is 4.90 Å². The molecule has 12 aromatic rings. The largest absolute Gasteiger partial charge is 0.460 e. The zero-order valence-electron chi connectivity index (χ0n) is 37.9. The van der Waals surface area contributed by atoms with Gasteiger partial charge in [0.05, 0.1) is 17.1 Å². The summed E-state index contributed by atoms with van der Waals surface area (Å²) in [5, 5.41) is 5.60. The van der Waals surface area contributed by atoms with E-state index in [1.165, 1.54) is 66.6 Å². The smallest absolute Gasteiger partial charge is 0.138 e. The normalized spacial score (nSPS) is 17.2. The average molecular weight is 899 g/mol. The zero-order chi connectivity index (χ0) is 45.9. The quantitative estimate of drug-likeness (QED) is 0.166. The van der Waals surface area contributed by atoms with Crippen LogP contribution in [0.1, 0.15) is 22.8 Å². The SMILES string of the molecule is C1=CC2C(C=C1C1C=Cc3c(oc4ccncc34)C1)c1cc(-c3cccc(-c4ccc5c(c4)c4cc(-c6ccc7c(c6)oc6ccncc67)ccc4n5-c4ccccc4)c3)ccc1N2c1ccccc1. The highest BCUT2D eigenvalue weighted by Crippen LogP contribution is 2.51. The first kappa shape index (κ1) is 39.0. The first-order chi connectivity index (χ1) is 34.7. The van der Waals surface area contributed by atoms with Crippen LogP contribution in [0, 0.1) is 5.92 Å². The van der Waals surface area contributed by atoms with E-state index in [0.717, 1.165) is 67.5 Å². The van der Waals surface area contributed by atoms with E-state index in [-0.39, 0.29) is 17.9 Å². The number of allylic oxidation sites excluding steroid dienone is 3. The second-order valence-corrected chi connectivity index (χ2v) is 18.9. The molecule has 15 rings (SSSR count). The third kappa shape index (κ3) is 6.06.